The van der Waals surface area contributed by atoms with Gasteiger partial charge in [0.05, 0.1) is 11.3 Å². The molecule has 14 heavy (non-hydrogen) atoms. The Balaban J connectivity index is 3.00. The molecule has 0 aliphatic carbocycles. The van der Waals surface area contributed by atoms with Crippen molar-refractivity contribution < 1.29 is 14.1 Å². The zero-order valence-electron chi connectivity index (χ0n) is 7.49. The van der Waals surface area contributed by atoms with Crippen molar-refractivity contribution in [3.8, 4) is 5.75 Å². The number of hydrogen-bond acceptors (Lipinski definition) is 3. The van der Waals surface area contributed by atoms with E-state index in [1.165, 1.54) is 12.3 Å². The molecule has 1 aromatic rings. The molecule has 1 unspecified atom stereocenters. The van der Waals surface area contributed by atoms with Gasteiger partial charge in [-0.05, 0) is 40.8 Å². The molecule has 3 nitrogen and oxygen atoms in total. The molecule has 0 aliphatic heterocycles. The third-order valence-electron chi connectivity index (χ3n) is 1.59. The highest BCUT2D eigenvalue weighted by molar-refractivity contribution is 14.1. The molecule has 0 amide bonds. The predicted octanol–water partition coefficient (Wildman–Crippen LogP) is 1.56. The monoisotopic (exact) mass is 324 g/mol. The van der Waals surface area contributed by atoms with Crippen LogP contribution in [-0.2, 0) is 10.8 Å². The summed E-state index contributed by atoms with van der Waals surface area (Å²) in [4.78, 5) is 11.5. The highest BCUT2D eigenvalue weighted by Crippen LogP contribution is 2.20. The van der Waals surface area contributed by atoms with Gasteiger partial charge in [-0.3, -0.25) is 9.00 Å². The molecular weight excluding hydrogens is 315 g/mol. The minimum absolute atomic E-state index is 0.0480. The number of halogens is 1. The number of Topliss-reactive ketones (excluding diaryl/α,β-unsaturated/α-hetero) is 1. The van der Waals surface area contributed by atoms with Crippen LogP contribution in [0.4, 0.5) is 0 Å². The average molecular weight is 324 g/mol. The Morgan fingerprint density at radius 1 is 1.57 bits per heavy atom. The van der Waals surface area contributed by atoms with Crippen LogP contribution in [-0.4, -0.2) is 27.1 Å². The number of phenols is 1. The van der Waals surface area contributed by atoms with E-state index in [1.807, 2.05) is 22.6 Å². The second-order valence-electron chi connectivity index (χ2n) is 2.80. The summed E-state index contributed by atoms with van der Waals surface area (Å²) in [6.07, 6.45) is 1.46. The van der Waals surface area contributed by atoms with E-state index in [2.05, 4.69) is 0 Å². The molecule has 0 saturated heterocycles. The van der Waals surface area contributed by atoms with Gasteiger partial charge in [0.1, 0.15) is 5.75 Å². The predicted molar refractivity (Wildman–Crippen MR) is 64.1 cm³/mol. The fourth-order valence-electron chi connectivity index (χ4n) is 0.994. The quantitative estimate of drug-likeness (QED) is 0.678. The van der Waals surface area contributed by atoms with Gasteiger partial charge in [-0.15, -0.1) is 0 Å². The lowest BCUT2D eigenvalue weighted by molar-refractivity contribution is 0.101. The van der Waals surface area contributed by atoms with E-state index in [1.54, 1.807) is 12.1 Å². The van der Waals surface area contributed by atoms with Crippen LogP contribution in [0.2, 0.25) is 0 Å². The Kier molecular flexibility index (Phi) is 4.06. The molecule has 0 aromatic heterocycles. The Morgan fingerprint density at radius 3 is 2.79 bits per heavy atom. The summed E-state index contributed by atoms with van der Waals surface area (Å²) in [7, 11) is -1.17. The molecule has 1 rings (SSSR count). The molecule has 5 heteroatoms. The number of rotatable bonds is 3. The molecule has 0 radical (unpaired) electrons. The maximum Gasteiger partial charge on any atom is 0.179 e. The van der Waals surface area contributed by atoms with E-state index in [9.17, 15) is 14.1 Å². The summed E-state index contributed by atoms with van der Waals surface area (Å²) in [6.45, 7) is 0. The van der Waals surface area contributed by atoms with Crippen LogP contribution in [0.25, 0.3) is 0 Å². The molecule has 0 fully saturated rings. The van der Waals surface area contributed by atoms with Crippen LogP contribution in [0.3, 0.4) is 0 Å². The van der Waals surface area contributed by atoms with E-state index in [0.29, 0.717) is 0 Å². The molecule has 0 bridgehead atoms. The van der Waals surface area contributed by atoms with E-state index in [0.717, 1.165) is 3.57 Å². The zero-order valence-corrected chi connectivity index (χ0v) is 10.5. The van der Waals surface area contributed by atoms with Crippen LogP contribution < -0.4 is 0 Å². The van der Waals surface area contributed by atoms with Gasteiger partial charge in [-0.1, -0.05) is 0 Å². The molecule has 0 saturated carbocycles. The molecule has 0 spiro atoms. The summed E-state index contributed by atoms with van der Waals surface area (Å²) >= 11 is 2.05. The number of aromatic hydroxyl groups is 1. The summed E-state index contributed by atoms with van der Waals surface area (Å²) in [5.41, 5.74) is 0.243. The topological polar surface area (TPSA) is 54.4 Å². The average Bonchev–Trinajstić information content (AvgIpc) is 2.08. The number of benzene rings is 1. The van der Waals surface area contributed by atoms with Crippen LogP contribution in [0.15, 0.2) is 18.2 Å². The molecule has 76 valence electrons. The van der Waals surface area contributed by atoms with Crippen molar-refractivity contribution in [3.05, 3.63) is 27.3 Å². The van der Waals surface area contributed by atoms with Crippen molar-refractivity contribution in [2.24, 2.45) is 0 Å². The highest BCUT2D eigenvalue weighted by Gasteiger charge is 2.12. The van der Waals surface area contributed by atoms with Crippen molar-refractivity contribution in [1.29, 1.82) is 0 Å². The van der Waals surface area contributed by atoms with Crippen LogP contribution >= 0.6 is 22.6 Å². The first kappa shape index (κ1) is 11.6. The third kappa shape index (κ3) is 3.06. The first-order valence-electron chi connectivity index (χ1n) is 3.82. The van der Waals surface area contributed by atoms with Crippen molar-refractivity contribution in [2.45, 2.75) is 0 Å². The lowest BCUT2D eigenvalue weighted by Gasteiger charge is -2.02. The Bertz CT molecular complexity index is 390. The summed E-state index contributed by atoms with van der Waals surface area (Å²) in [5.74, 6) is -0.393. The van der Waals surface area contributed by atoms with Crippen molar-refractivity contribution >= 4 is 39.2 Å². The zero-order chi connectivity index (χ0) is 10.7. The lowest BCUT2D eigenvalue weighted by Crippen LogP contribution is -2.10. The molecule has 1 N–H and O–H groups in total. The van der Waals surface area contributed by atoms with Crippen molar-refractivity contribution in [2.75, 3.05) is 12.0 Å². The smallest absolute Gasteiger partial charge is 0.179 e. The number of carbonyl (C=O) groups is 1. The SMILES string of the molecule is CS(=O)CC(=O)c1cc(I)ccc1O. The van der Waals surface area contributed by atoms with Crippen LogP contribution in [0.5, 0.6) is 5.75 Å². The number of hydrogen-bond donors (Lipinski definition) is 1. The first-order valence-corrected chi connectivity index (χ1v) is 6.63. The summed E-state index contributed by atoms with van der Waals surface area (Å²) in [6, 6.07) is 4.76. The second kappa shape index (κ2) is 4.88. The van der Waals surface area contributed by atoms with E-state index in [4.69, 9.17) is 0 Å². The first-order chi connectivity index (χ1) is 6.50. The third-order valence-corrected chi connectivity index (χ3v) is 2.93. The molecule has 1 atom stereocenters. The fourth-order valence-corrected chi connectivity index (χ4v) is 2.01. The minimum Gasteiger partial charge on any atom is -0.507 e. The van der Waals surface area contributed by atoms with Gasteiger partial charge in [-0.25, -0.2) is 0 Å². The highest BCUT2D eigenvalue weighted by atomic mass is 127. The van der Waals surface area contributed by atoms with Crippen LogP contribution in [0.1, 0.15) is 10.4 Å². The van der Waals surface area contributed by atoms with E-state index >= 15 is 0 Å². The molecule has 1 aromatic carbocycles. The Labute approximate surface area is 98.1 Å². The van der Waals surface area contributed by atoms with Gasteiger partial charge in [0, 0.05) is 20.6 Å². The number of ketones is 1. The molecule has 0 heterocycles. The fraction of sp³-hybridized carbons (Fsp3) is 0.222. The summed E-state index contributed by atoms with van der Waals surface area (Å²) < 4.78 is 11.7. The van der Waals surface area contributed by atoms with Crippen molar-refractivity contribution in [1.82, 2.24) is 0 Å². The second-order valence-corrected chi connectivity index (χ2v) is 5.48. The standard InChI is InChI=1S/C9H9IO3S/c1-14(13)5-9(12)7-4-6(10)2-3-8(7)11/h2-4,11H,5H2,1H3. The van der Waals surface area contributed by atoms with E-state index < -0.39 is 10.8 Å². The van der Waals surface area contributed by atoms with Gasteiger partial charge in [0.2, 0.25) is 0 Å². The van der Waals surface area contributed by atoms with Gasteiger partial charge >= 0.3 is 0 Å². The van der Waals surface area contributed by atoms with Gasteiger partial charge < -0.3 is 5.11 Å². The minimum atomic E-state index is -1.17. The molecular formula is C9H9IO3S. The number of phenolic OH excluding ortho intramolecular Hbond substituents is 1. The van der Waals surface area contributed by atoms with Gasteiger partial charge in [-0.2, -0.15) is 0 Å². The Morgan fingerprint density at radius 2 is 2.21 bits per heavy atom. The summed E-state index contributed by atoms with van der Waals surface area (Å²) in [5, 5.41) is 9.40. The number of carbonyl (C=O) groups excluding carboxylic acids is 1. The van der Waals surface area contributed by atoms with Crippen LogP contribution in [0, 0.1) is 3.57 Å². The van der Waals surface area contributed by atoms with Gasteiger partial charge in [0.25, 0.3) is 0 Å². The maximum absolute atomic E-state index is 11.5. The maximum atomic E-state index is 11.5. The Hall–Kier alpha value is -0.430. The van der Waals surface area contributed by atoms with Crippen molar-refractivity contribution in [3.63, 3.8) is 0 Å². The molecule has 0 aliphatic rings. The lowest BCUT2D eigenvalue weighted by atomic mass is 10.1. The van der Waals surface area contributed by atoms with E-state index in [-0.39, 0.29) is 22.8 Å². The normalized spacial score (nSPS) is 12.4. The van der Waals surface area contributed by atoms with Gasteiger partial charge in [0.15, 0.2) is 5.78 Å². The largest absolute Gasteiger partial charge is 0.507 e.